The van der Waals surface area contributed by atoms with E-state index in [-0.39, 0.29) is 17.6 Å². The lowest BCUT2D eigenvalue weighted by molar-refractivity contribution is 0.0973. The van der Waals surface area contributed by atoms with Crippen LogP contribution >= 0.6 is 0 Å². The lowest BCUT2D eigenvalue weighted by atomic mass is 9.82. The number of fused-ring (bicyclic) bond motifs is 2. The van der Waals surface area contributed by atoms with Gasteiger partial charge in [-0.25, -0.2) is 0 Å². The maximum Gasteiger partial charge on any atom is 0.200 e. The molecule has 1 aliphatic rings. The summed E-state index contributed by atoms with van der Waals surface area (Å²) in [5.41, 5.74) is 2.22. The van der Waals surface area contributed by atoms with Gasteiger partial charge >= 0.3 is 0 Å². The molecule has 0 aromatic heterocycles. The van der Waals surface area contributed by atoms with E-state index in [2.05, 4.69) is 5.32 Å². The van der Waals surface area contributed by atoms with Gasteiger partial charge in [0.05, 0.1) is 17.7 Å². The van der Waals surface area contributed by atoms with E-state index in [9.17, 15) is 9.59 Å². The van der Waals surface area contributed by atoms with Crippen LogP contribution in [0.2, 0.25) is 0 Å². The number of methoxy groups -OCH3 is 1. The van der Waals surface area contributed by atoms with Gasteiger partial charge in [-0.15, -0.1) is 0 Å². The monoisotopic (exact) mass is 339 g/mol. The highest BCUT2D eigenvalue weighted by atomic mass is 16.5. The van der Waals surface area contributed by atoms with Crippen LogP contribution in [0.15, 0.2) is 36.4 Å². The predicted molar refractivity (Wildman–Crippen MR) is 95.9 cm³/mol. The quantitative estimate of drug-likeness (QED) is 0.698. The third-order valence-electron chi connectivity index (χ3n) is 4.02. The van der Waals surface area contributed by atoms with E-state index in [0.29, 0.717) is 46.9 Å². The normalized spacial score (nSPS) is 12.8. The van der Waals surface area contributed by atoms with Crippen molar-refractivity contribution in [2.45, 2.75) is 19.9 Å². The molecule has 1 aliphatic carbocycles. The second-order valence-electron chi connectivity index (χ2n) is 6.21. The van der Waals surface area contributed by atoms with Crippen LogP contribution in [0, 0.1) is 0 Å². The molecule has 0 saturated heterocycles. The number of anilines is 1. The van der Waals surface area contributed by atoms with Crippen molar-refractivity contribution in [2.75, 3.05) is 25.6 Å². The molecule has 130 valence electrons. The fourth-order valence-electron chi connectivity index (χ4n) is 3.00. The van der Waals surface area contributed by atoms with Gasteiger partial charge in [0.15, 0.2) is 11.6 Å². The molecule has 25 heavy (non-hydrogen) atoms. The Labute approximate surface area is 147 Å². The van der Waals surface area contributed by atoms with Crippen LogP contribution in [-0.4, -0.2) is 37.9 Å². The Kier molecular flexibility index (Phi) is 4.86. The average Bonchev–Trinajstić information content (AvgIpc) is 2.59. The summed E-state index contributed by atoms with van der Waals surface area (Å²) in [7, 11) is 1.58. The van der Waals surface area contributed by atoms with Crippen LogP contribution < -0.4 is 10.1 Å². The summed E-state index contributed by atoms with van der Waals surface area (Å²) in [6, 6.07) is 10.6. The van der Waals surface area contributed by atoms with Gasteiger partial charge in [-0.2, -0.15) is 0 Å². The number of nitrogens with one attached hydrogen (secondary N) is 1. The standard InChI is InChI=1S/C20H21NO4/c1-12(2)21-15-8-4-6-13-17(15)20(23)18-14(19(13)22)7-5-9-16(18)25-11-10-24-3/h4-9,12,21H,10-11H2,1-3H3. The van der Waals surface area contributed by atoms with Crippen molar-refractivity contribution in [3.8, 4) is 5.75 Å². The van der Waals surface area contributed by atoms with Crippen molar-refractivity contribution >= 4 is 17.3 Å². The molecule has 0 aliphatic heterocycles. The summed E-state index contributed by atoms with van der Waals surface area (Å²) < 4.78 is 10.7. The van der Waals surface area contributed by atoms with E-state index < -0.39 is 0 Å². The van der Waals surface area contributed by atoms with E-state index in [4.69, 9.17) is 9.47 Å². The van der Waals surface area contributed by atoms with E-state index in [1.54, 1.807) is 37.4 Å². The zero-order chi connectivity index (χ0) is 18.0. The van der Waals surface area contributed by atoms with Gasteiger partial charge in [-0.1, -0.05) is 24.3 Å². The fourth-order valence-corrected chi connectivity index (χ4v) is 3.00. The molecule has 0 atom stereocenters. The zero-order valence-electron chi connectivity index (χ0n) is 14.6. The maximum absolute atomic E-state index is 13.2. The van der Waals surface area contributed by atoms with E-state index in [0.717, 1.165) is 0 Å². The molecule has 2 aromatic rings. The van der Waals surface area contributed by atoms with Crippen LogP contribution in [0.5, 0.6) is 5.75 Å². The summed E-state index contributed by atoms with van der Waals surface area (Å²) >= 11 is 0. The zero-order valence-corrected chi connectivity index (χ0v) is 14.6. The molecule has 0 spiro atoms. The molecule has 0 saturated carbocycles. The summed E-state index contributed by atoms with van der Waals surface area (Å²) in [6.07, 6.45) is 0. The Bertz CT molecular complexity index is 826. The van der Waals surface area contributed by atoms with Gasteiger partial charge in [-0.05, 0) is 26.0 Å². The molecule has 2 aromatic carbocycles. The number of rotatable bonds is 6. The average molecular weight is 339 g/mol. The minimum Gasteiger partial charge on any atom is -0.490 e. The van der Waals surface area contributed by atoms with E-state index >= 15 is 0 Å². The maximum atomic E-state index is 13.2. The minimum absolute atomic E-state index is 0.143. The predicted octanol–water partition coefficient (Wildman–Crippen LogP) is 3.31. The van der Waals surface area contributed by atoms with Crippen molar-refractivity contribution in [2.24, 2.45) is 0 Å². The number of carbonyl (C=O) groups is 2. The van der Waals surface area contributed by atoms with Gasteiger partial charge < -0.3 is 14.8 Å². The van der Waals surface area contributed by atoms with E-state index in [1.165, 1.54) is 0 Å². The van der Waals surface area contributed by atoms with Gasteiger partial charge in [0.25, 0.3) is 0 Å². The van der Waals surface area contributed by atoms with Gasteiger partial charge in [-0.3, -0.25) is 9.59 Å². The second kappa shape index (κ2) is 7.07. The molecule has 0 amide bonds. The van der Waals surface area contributed by atoms with Gasteiger partial charge in [0.1, 0.15) is 12.4 Å². The highest BCUT2D eigenvalue weighted by Gasteiger charge is 2.34. The number of benzene rings is 2. The number of ketones is 2. The minimum atomic E-state index is -0.193. The Hall–Kier alpha value is -2.66. The summed E-state index contributed by atoms with van der Waals surface area (Å²) in [5, 5.41) is 3.25. The summed E-state index contributed by atoms with van der Waals surface area (Å²) in [6.45, 7) is 4.69. The van der Waals surface area contributed by atoms with Crippen molar-refractivity contribution in [1.82, 2.24) is 0 Å². The third kappa shape index (κ3) is 3.15. The Balaban J connectivity index is 2.10. The Morgan fingerprint density at radius 2 is 1.60 bits per heavy atom. The van der Waals surface area contributed by atoms with Crippen molar-refractivity contribution in [3.63, 3.8) is 0 Å². The fraction of sp³-hybridized carbons (Fsp3) is 0.300. The SMILES string of the molecule is COCCOc1cccc2c1C(=O)c1c(NC(C)C)cccc1C2=O. The number of hydrogen-bond acceptors (Lipinski definition) is 5. The molecule has 5 nitrogen and oxygen atoms in total. The first-order valence-electron chi connectivity index (χ1n) is 8.28. The Morgan fingerprint density at radius 1 is 0.920 bits per heavy atom. The first-order valence-corrected chi connectivity index (χ1v) is 8.28. The number of carbonyl (C=O) groups excluding carboxylic acids is 2. The van der Waals surface area contributed by atoms with Crippen LogP contribution in [-0.2, 0) is 4.74 Å². The van der Waals surface area contributed by atoms with Gasteiger partial charge in [0.2, 0.25) is 0 Å². The molecule has 0 fully saturated rings. The highest BCUT2D eigenvalue weighted by Crippen LogP contribution is 2.36. The molecular weight excluding hydrogens is 318 g/mol. The van der Waals surface area contributed by atoms with Crippen molar-refractivity contribution in [3.05, 3.63) is 58.7 Å². The molecule has 1 N–H and O–H groups in total. The first-order chi connectivity index (χ1) is 12.0. The summed E-state index contributed by atoms with van der Waals surface area (Å²) in [4.78, 5) is 26.1. The lowest BCUT2D eigenvalue weighted by Crippen LogP contribution is -2.24. The van der Waals surface area contributed by atoms with Gasteiger partial charge in [0, 0.05) is 30.0 Å². The molecule has 5 heteroatoms. The largest absolute Gasteiger partial charge is 0.490 e. The Morgan fingerprint density at radius 3 is 2.28 bits per heavy atom. The van der Waals surface area contributed by atoms with Crippen LogP contribution in [0.25, 0.3) is 0 Å². The molecule has 0 heterocycles. The third-order valence-corrected chi connectivity index (χ3v) is 4.02. The highest BCUT2D eigenvalue weighted by molar-refractivity contribution is 6.31. The van der Waals surface area contributed by atoms with Crippen molar-refractivity contribution in [1.29, 1.82) is 0 Å². The topological polar surface area (TPSA) is 64.6 Å². The number of hydrogen-bond donors (Lipinski definition) is 1. The smallest absolute Gasteiger partial charge is 0.200 e. The lowest BCUT2D eigenvalue weighted by Gasteiger charge is -2.23. The van der Waals surface area contributed by atoms with Crippen LogP contribution in [0.4, 0.5) is 5.69 Å². The molecule has 3 rings (SSSR count). The molecule has 0 radical (unpaired) electrons. The van der Waals surface area contributed by atoms with Crippen LogP contribution in [0.3, 0.4) is 0 Å². The molecular formula is C20H21NO4. The molecule has 0 unspecified atom stereocenters. The first kappa shape index (κ1) is 17.2. The van der Waals surface area contributed by atoms with Crippen LogP contribution in [0.1, 0.15) is 45.7 Å². The molecule has 0 bridgehead atoms. The summed E-state index contributed by atoms with van der Waals surface area (Å²) in [5.74, 6) is 0.0634. The second-order valence-corrected chi connectivity index (χ2v) is 6.21. The van der Waals surface area contributed by atoms with Crippen molar-refractivity contribution < 1.29 is 19.1 Å². The van der Waals surface area contributed by atoms with E-state index in [1.807, 2.05) is 19.9 Å². The number of ether oxygens (including phenoxy) is 2.